The van der Waals surface area contributed by atoms with E-state index in [1.165, 1.54) is 0 Å². The van der Waals surface area contributed by atoms with Gasteiger partial charge in [-0.1, -0.05) is 60.7 Å². The summed E-state index contributed by atoms with van der Waals surface area (Å²) in [6.07, 6.45) is 3.55. The van der Waals surface area contributed by atoms with E-state index in [1.807, 2.05) is 116 Å². The van der Waals surface area contributed by atoms with Gasteiger partial charge in [0, 0.05) is 44.2 Å². The fourth-order valence-corrected chi connectivity index (χ4v) is 7.33. The number of aromatic nitrogens is 3. The average Bonchev–Trinajstić information content (AvgIpc) is 3.50. The van der Waals surface area contributed by atoms with Gasteiger partial charge in [0.25, 0.3) is 0 Å². The molecule has 0 radical (unpaired) electrons. The molecule has 1 spiro atoms. The maximum absolute atomic E-state index is 16.2. The third-order valence-corrected chi connectivity index (χ3v) is 10.3. The maximum Gasteiger partial charge on any atom is 0.410 e. The SMILES string of the molecule is CCn1nc(-c2ccc(OCc3ccccc3)nc2OCc2ccccc2)c2cc(F)c(N3CCC4(CCN(C(=O)OC(C)(C)C)CC4)CC3)cc21. The number of nitrogens with zero attached hydrogens (tertiary/aromatic N) is 5. The molecule has 2 aliphatic rings. The summed E-state index contributed by atoms with van der Waals surface area (Å²) in [5.74, 6) is 0.532. The lowest BCUT2D eigenvalue weighted by Crippen LogP contribution is -2.49. The van der Waals surface area contributed by atoms with Crippen LogP contribution in [0.5, 0.6) is 11.8 Å². The number of aryl methyl sites for hydroxylation is 1. The van der Waals surface area contributed by atoms with Gasteiger partial charge in [0.15, 0.2) is 0 Å². The average molecular weight is 706 g/mol. The van der Waals surface area contributed by atoms with Crippen molar-refractivity contribution in [3.63, 3.8) is 0 Å². The van der Waals surface area contributed by atoms with E-state index in [9.17, 15) is 4.79 Å². The lowest BCUT2D eigenvalue weighted by atomic mass is 9.71. The maximum atomic E-state index is 16.2. The minimum absolute atomic E-state index is 0.161. The molecule has 0 unspecified atom stereocenters. The number of likely N-dealkylation sites (tertiary alicyclic amines) is 1. The number of hydrogen-bond acceptors (Lipinski definition) is 7. The lowest BCUT2D eigenvalue weighted by molar-refractivity contribution is 0.00663. The smallest absolute Gasteiger partial charge is 0.410 e. The molecule has 2 aromatic heterocycles. The Hall–Kier alpha value is -5.12. The van der Waals surface area contributed by atoms with Crippen LogP contribution in [-0.2, 0) is 24.5 Å². The number of carbonyl (C=O) groups is 1. The Morgan fingerprint density at radius 2 is 1.44 bits per heavy atom. The molecule has 5 aromatic rings. The number of carbonyl (C=O) groups excluding carboxylic acids is 1. The molecule has 3 aromatic carbocycles. The molecule has 2 saturated heterocycles. The van der Waals surface area contributed by atoms with Gasteiger partial charge in [0.1, 0.15) is 30.3 Å². The molecule has 0 saturated carbocycles. The molecule has 2 aliphatic heterocycles. The van der Waals surface area contributed by atoms with Gasteiger partial charge in [-0.05, 0) is 88.1 Å². The van der Waals surface area contributed by atoms with Gasteiger partial charge in [0.05, 0.1) is 16.8 Å². The first-order valence-electron chi connectivity index (χ1n) is 18.4. The van der Waals surface area contributed by atoms with Crippen LogP contribution in [0.15, 0.2) is 84.9 Å². The number of anilines is 1. The number of piperidine rings is 2. The number of hydrogen-bond donors (Lipinski definition) is 0. The number of rotatable bonds is 9. The van der Waals surface area contributed by atoms with Crippen LogP contribution in [0.1, 0.15) is 64.5 Å². The van der Waals surface area contributed by atoms with E-state index in [0.717, 1.165) is 55.4 Å². The summed E-state index contributed by atoms with van der Waals surface area (Å²) in [7, 11) is 0. The van der Waals surface area contributed by atoms with Crippen LogP contribution in [0.4, 0.5) is 14.9 Å². The van der Waals surface area contributed by atoms with E-state index in [-0.39, 0.29) is 17.3 Å². The van der Waals surface area contributed by atoms with Gasteiger partial charge < -0.3 is 24.0 Å². The molecule has 1 amide bonds. The van der Waals surface area contributed by atoms with Crippen molar-refractivity contribution in [2.24, 2.45) is 5.41 Å². The summed E-state index contributed by atoms with van der Waals surface area (Å²) in [6.45, 7) is 11.9. The third kappa shape index (κ3) is 7.86. The van der Waals surface area contributed by atoms with Crippen molar-refractivity contribution in [1.82, 2.24) is 19.7 Å². The fraction of sp³-hybridized carbons (Fsp3) is 0.405. The first kappa shape index (κ1) is 35.3. The Labute approximate surface area is 305 Å². The lowest BCUT2D eigenvalue weighted by Gasteiger charge is -2.47. The van der Waals surface area contributed by atoms with Crippen LogP contribution in [0.2, 0.25) is 0 Å². The predicted molar refractivity (Wildman–Crippen MR) is 201 cm³/mol. The van der Waals surface area contributed by atoms with Gasteiger partial charge in [-0.15, -0.1) is 0 Å². The highest BCUT2D eigenvalue weighted by Gasteiger charge is 2.40. The molecule has 0 aliphatic carbocycles. The monoisotopic (exact) mass is 705 g/mol. The molecule has 0 atom stereocenters. The zero-order valence-electron chi connectivity index (χ0n) is 30.6. The van der Waals surface area contributed by atoms with Crippen LogP contribution >= 0.6 is 0 Å². The quantitative estimate of drug-likeness (QED) is 0.151. The second-order valence-electron chi connectivity index (χ2n) is 15.0. The standard InChI is InChI=1S/C42H48FN5O4/c1-5-48-35-27-36(46-22-18-42(19-23-46)20-24-47(25-21-42)40(49)52-41(2,3)4)34(43)26-33(35)38(45-48)32-16-17-37(50-28-30-12-8-6-9-13-30)44-39(32)51-29-31-14-10-7-11-15-31/h6-17,26-27H,5,18-25,28-29H2,1-4H3. The summed E-state index contributed by atoms with van der Waals surface area (Å²) in [5.41, 5.74) is 4.43. The molecule has 2 fully saturated rings. The number of ether oxygens (including phenoxy) is 3. The highest BCUT2D eigenvalue weighted by atomic mass is 19.1. The van der Waals surface area contributed by atoms with E-state index in [4.69, 9.17) is 24.3 Å². The van der Waals surface area contributed by atoms with E-state index in [0.29, 0.717) is 66.9 Å². The van der Waals surface area contributed by atoms with Crippen molar-refractivity contribution in [2.75, 3.05) is 31.1 Å². The Morgan fingerprint density at radius 3 is 2.06 bits per heavy atom. The van der Waals surface area contributed by atoms with Crippen LogP contribution in [-0.4, -0.2) is 57.5 Å². The summed E-state index contributed by atoms with van der Waals surface area (Å²) in [6, 6.07) is 27.1. The van der Waals surface area contributed by atoms with Crippen molar-refractivity contribution in [3.05, 3.63) is 102 Å². The van der Waals surface area contributed by atoms with Crippen molar-refractivity contribution in [2.45, 2.75) is 78.7 Å². The molecular weight excluding hydrogens is 657 g/mol. The predicted octanol–water partition coefficient (Wildman–Crippen LogP) is 9.03. The van der Waals surface area contributed by atoms with Gasteiger partial charge in [-0.25, -0.2) is 9.18 Å². The molecule has 52 heavy (non-hydrogen) atoms. The largest absolute Gasteiger partial charge is 0.473 e. The Bertz CT molecular complexity index is 1990. The normalized spacial score (nSPS) is 15.9. The van der Waals surface area contributed by atoms with E-state index in [2.05, 4.69) is 4.90 Å². The molecule has 0 bridgehead atoms. The molecule has 9 nitrogen and oxygen atoms in total. The summed E-state index contributed by atoms with van der Waals surface area (Å²) in [4.78, 5) is 21.4. The molecular formula is C42H48FN5O4. The second-order valence-corrected chi connectivity index (χ2v) is 15.0. The Morgan fingerprint density at radius 1 is 0.827 bits per heavy atom. The van der Waals surface area contributed by atoms with Crippen molar-refractivity contribution in [1.29, 1.82) is 0 Å². The van der Waals surface area contributed by atoms with Gasteiger partial charge >= 0.3 is 6.09 Å². The van der Waals surface area contributed by atoms with Crippen LogP contribution in [0, 0.1) is 11.2 Å². The van der Waals surface area contributed by atoms with Gasteiger partial charge in [-0.2, -0.15) is 10.1 Å². The number of amides is 1. The third-order valence-electron chi connectivity index (χ3n) is 10.3. The molecule has 7 rings (SSSR count). The number of fused-ring (bicyclic) bond motifs is 1. The number of halogens is 1. The minimum atomic E-state index is -0.506. The molecule has 10 heteroatoms. The topological polar surface area (TPSA) is 82.0 Å². The zero-order valence-corrected chi connectivity index (χ0v) is 30.6. The van der Waals surface area contributed by atoms with E-state index < -0.39 is 5.60 Å². The number of benzene rings is 3. The summed E-state index contributed by atoms with van der Waals surface area (Å²) < 4.78 is 36.1. The Kier molecular flexibility index (Phi) is 10.1. The number of pyridine rings is 1. The van der Waals surface area contributed by atoms with E-state index in [1.54, 1.807) is 6.07 Å². The Balaban J connectivity index is 1.12. The first-order valence-corrected chi connectivity index (χ1v) is 18.4. The highest BCUT2D eigenvalue weighted by molar-refractivity contribution is 5.96. The van der Waals surface area contributed by atoms with Crippen molar-refractivity contribution < 1.29 is 23.4 Å². The van der Waals surface area contributed by atoms with Crippen LogP contribution in [0.25, 0.3) is 22.2 Å². The fourth-order valence-electron chi connectivity index (χ4n) is 7.33. The van der Waals surface area contributed by atoms with Crippen molar-refractivity contribution in [3.8, 4) is 23.0 Å². The van der Waals surface area contributed by atoms with E-state index >= 15 is 4.39 Å². The first-order chi connectivity index (χ1) is 25.1. The summed E-state index contributed by atoms with van der Waals surface area (Å²) in [5, 5.41) is 5.69. The van der Waals surface area contributed by atoms with Gasteiger partial charge in [0.2, 0.25) is 11.8 Å². The van der Waals surface area contributed by atoms with Gasteiger partial charge in [-0.3, -0.25) is 4.68 Å². The highest BCUT2D eigenvalue weighted by Crippen LogP contribution is 2.44. The zero-order chi connectivity index (χ0) is 36.3. The second kappa shape index (κ2) is 14.9. The summed E-state index contributed by atoms with van der Waals surface area (Å²) >= 11 is 0. The van der Waals surface area contributed by atoms with Crippen LogP contribution < -0.4 is 14.4 Å². The van der Waals surface area contributed by atoms with Crippen LogP contribution in [0.3, 0.4) is 0 Å². The van der Waals surface area contributed by atoms with Crippen molar-refractivity contribution >= 4 is 22.7 Å². The molecule has 0 N–H and O–H groups in total. The minimum Gasteiger partial charge on any atom is -0.473 e. The molecule has 272 valence electrons. The molecule has 4 heterocycles.